The Kier molecular flexibility index (Phi) is 8.15. The number of hydrogen-bond acceptors (Lipinski definition) is 4. The number of benzene rings is 2. The van der Waals surface area contributed by atoms with Crippen molar-refractivity contribution in [3.8, 4) is 5.75 Å². The van der Waals surface area contributed by atoms with Crippen molar-refractivity contribution in [2.45, 2.75) is 38.2 Å². The highest BCUT2D eigenvalue weighted by molar-refractivity contribution is 6.30. The molecular weight excluding hydrogens is 431 g/mol. The van der Waals surface area contributed by atoms with Gasteiger partial charge in [0.15, 0.2) is 0 Å². The molecule has 5 nitrogen and oxygen atoms in total. The lowest BCUT2D eigenvalue weighted by atomic mass is 9.91. The number of halogens is 2. The average Bonchev–Trinajstić information content (AvgIpc) is 3.06. The molecule has 0 bridgehead atoms. The molecule has 0 saturated carbocycles. The minimum absolute atomic E-state index is 0.0363. The summed E-state index contributed by atoms with van der Waals surface area (Å²) in [5.41, 5.74) is 2.57. The molecule has 0 aliphatic carbocycles. The molecule has 32 heavy (non-hydrogen) atoms. The smallest absolute Gasteiger partial charge is 0.223 e. The van der Waals surface area contributed by atoms with Crippen LogP contribution in [0.5, 0.6) is 5.75 Å². The number of carbonyl (C=O) groups is 1. The number of aliphatic hydroxyl groups is 1. The average molecular weight is 463 g/mol. The zero-order chi connectivity index (χ0) is 23.3. The summed E-state index contributed by atoms with van der Waals surface area (Å²) in [6, 6.07) is 10.9. The summed E-state index contributed by atoms with van der Waals surface area (Å²) in [5.74, 6) is 0.466. The van der Waals surface area contributed by atoms with Gasteiger partial charge in [-0.2, -0.15) is 0 Å². The second-order valence-corrected chi connectivity index (χ2v) is 9.41. The van der Waals surface area contributed by atoms with Crippen LogP contribution in [0.25, 0.3) is 0 Å². The summed E-state index contributed by atoms with van der Waals surface area (Å²) in [6.07, 6.45) is 2.32. The molecule has 174 valence electrons. The first-order valence-corrected chi connectivity index (χ1v) is 11.3. The quantitative estimate of drug-likeness (QED) is 0.584. The van der Waals surface area contributed by atoms with Crippen LogP contribution in [-0.4, -0.2) is 66.8 Å². The summed E-state index contributed by atoms with van der Waals surface area (Å²) in [7, 11) is 3.93. The van der Waals surface area contributed by atoms with E-state index in [4.69, 9.17) is 16.3 Å². The Balaban J connectivity index is 1.60. The second kappa shape index (κ2) is 10.6. The van der Waals surface area contributed by atoms with Crippen LogP contribution in [0.2, 0.25) is 5.02 Å². The van der Waals surface area contributed by atoms with E-state index in [-0.39, 0.29) is 17.5 Å². The van der Waals surface area contributed by atoms with Gasteiger partial charge in [-0.15, -0.1) is 0 Å². The minimum atomic E-state index is -0.457. The molecule has 3 rings (SSSR count). The van der Waals surface area contributed by atoms with Gasteiger partial charge in [0.25, 0.3) is 0 Å². The van der Waals surface area contributed by atoms with Crippen LogP contribution in [-0.2, 0) is 24.1 Å². The predicted octanol–water partition coefficient (Wildman–Crippen LogP) is 3.73. The van der Waals surface area contributed by atoms with Crippen LogP contribution < -0.4 is 4.74 Å². The molecule has 0 aromatic heterocycles. The number of fused-ring (bicyclic) bond motifs is 1. The molecule has 0 spiro atoms. The standard InChI is InChI=1S/C25H32ClFN2O3/c1-25(16-19-4-7-21(26)22(27)15-19)17-20-14-18(5-8-23(20)32-25)6-9-24(31)29(12-13-30)11-10-28(2)3/h4-5,7-8,14-15,30H,6,9-13,16-17H2,1-3H3/t25-/m0/s1. The fraction of sp³-hybridized carbons (Fsp3) is 0.480. The molecule has 1 atom stereocenters. The molecule has 7 heteroatoms. The molecule has 0 radical (unpaired) electrons. The Morgan fingerprint density at radius 3 is 2.59 bits per heavy atom. The van der Waals surface area contributed by atoms with Crippen LogP contribution in [0.3, 0.4) is 0 Å². The van der Waals surface area contributed by atoms with E-state index in [0.717, 1.165) is 29.0 Å². The molecule has 1 aliphatic heterocycles. The maximum absolute atomic E-state index is 13.8. The van der Waals surface area contributed by atoms with Crippen molar-refractivity contribution in [3.63, 3.8) is 0 Å². The van der Waals surface area contributed by atoms with Gasteiger partial charge in [-0.1, -0.05) is 29.8 Å². The molecule has 1 N–H and O–H groups in total. The third kappa shape index (κ3) is 6.44. The topological polar surface area (TPSA) is 53.0 Å². The van der Waals surface area contributed by atoms with Crippen LogP contribution in [0.1, 0.15) is 30.0 Å². The van der Waals surface area contributed by atoms with Crippen LogP contribution >= 0.6 is 11.6 Å². The summed E-state index contributed by atoms with van der Waals surface area (Å²) in [6.45, 7) is 3.71. The van der Waals surface area contributed by atoms with Gasteiger partial charge in [0.2, 0.25) is 5.91 Å². The van der Waals surface area contributed by atoms with Gasteiger partial charge in [0, 0.05) is 38.9 Å². The van der Waals surface area contributed by atoms with Crippen molar-refractivity contribution in [1.29, 1.82) is 0 Å². The molecule has 2 aromatic carbocycles. The van der Waals surface area contributed by atoms with Crippen LogP contribution in [0, 0.1) is 5.82 Å². The maximum Gasteiger partial charge on any atom is 0.223 e. The monoisotopic (exact) mass is 462 g/mol. The van der Waals surface area contributed by atoms with Crippen LogP contribution in [0.15, 0.2) is 36.4 Å². The Hall–Kier alpha value is -2.15. The number of amides is 1. The van der Waals surface area contributed by atoms with Crippen molar-refractivity contribution in [2.24, 2.45) is 0 Å². The number of aliphatic hydroxyl groups excluding tert-OH is 1. The lowest BCUT2D eigenvalue weighted by molar-refractivity contribution is -0.131. The lowest BCUT2D eigenvalue weighted by Crippen LogP contribution is -2.38. The highest BCUT2D eigenvalue weighted by Gasteiger charge is 2.35. The van der Waals surface area contributed by atoms with E-state index in [1.807, 2.05) is 44.1 Å². The van der Waals surface area contributed by atoms with Crippen molar-refractivity contribution >= 4 is 17.5 Å². The number of rotatable bonds is 10. The first-order chi connectivity index (χ1) is 15.2. The van der Waals surface area contributed by atoms with E-state index < -0.39 is 11.4 Å². The maximum atomic E-state index is 13.8. The Morgan fingerprint density at radius 2 is 1.91 bits per heavy atom. The summed E-state index contributed by atoms with van der Waals surface area (Å²) in [4.78, 5) is 16.4. The number of nitrogens with zero attached hydrogens (tertiary/aromatic N) is 2. The molecule has 0 unspecified atom stereocenters. The van der Waals surface area contributed by atoms with Crippen molar-refractivity contribution in [3.05, 3.63) is 63.9 Å². The summed E-state index contributed by atoms with van der Waals surface area (Å²) in [5, 5.41) is 9.40. The zero-order valence-corrected chi connectivity index (χ0v) is 19.8. The van der Waals surface area contributed by atoms with E-state index >= 15 is 0 Å². The number of likely N-dealkylation sites (N-methyl/N-ethyl adjacent to an activating group) is 1. The lowest BCUT2D eigenvalue weighted by Gasteiger charge is -2.24. The first-order valence-electron chi connectivity index (χ1n) is 11.0. The number of carbonyl (C=O) groups excluding carboxylic acids is 1. The Labute approximate surface area is 194 Å². The fourth-order valence-electron chi connectivity index (χ4n) is 4.12. The van der Waals surface area contributed by atoms with Gasteiger partial charge < -0.3 is 19.6 Å². The van der Waals surface area contributed by atoms with Crippen molar-refractivity contribution in [2.75, 3.05) is 40.3 Å². The van der Waals surface area contributed by atoms with Gasteiger partial charge in [0.05, 0.1) is 11.6 Å². The summed E-state index contributed by atoms with van der Waals surface area (Å²) >= 11 is 5.79. The first kappa shape index (κ1) is 24.5. The van der Waals surface area contributed by atoms with E-state index in [1.165, 1.54) is 6.07 Å². The molecule has 0 fully saturated rings. The third-order valence-electron chi connectivity index (χ3n) is 5.78. The van der Waals surface area contributed by atoms with Gasteiger partial charge in [-0.05, 0) is 62.3 Å². The fourth-order valence-corrected chi connectivity index (χ4v) is 4.24. The van der Waals surface area contributed by atoms with Gasteiger partial charge in [0.1, 0.15) is 17.2 Å². The Morgan fingerprint density at radius 1 is 1.16 bits per heavy atom. The Bertz CT molecular complexity index is 953. The van der Waals surface area contributed by atoms with Crippen molar-refractivity contribution < 1.29 is 19.0 Å². The van der Waals surface area contributed by atoms with E-state index in [1.54, 1.807) is 11.0 Å². The second-order valence-electron chi connectivity index (χ2n) is 9.00. The van der Waals surface area contributed by atoms with Gasteiger partial charge in [-0.25, -0.2) is 4.39 Å². The van der Waals surface area contributed by atoms with Crippen LogP contribution in [0.4, 0.5) is 4.39 Å². The van der Waals surface area contributed by atoms with E-state index in [9.17, 15) is 14.3 Å². The largest absolute Gasteiger partial charge is 0.487 e. The van der Waals surface area contributed by atoms with E-state index in [0.29, 0.717) is 38.8 Å². The minimum Gasteiger partial charge on any atom is -0.487 e. The summed E-state index contributed by atoms with van der Waals surface area (Å²) < 4.78 is 20.0. The normalized spacial score (nSPS) is 17.3. The van der Waals surface area contributed by atoms with Crippen molar-refractivity contribution in [1.82, 2.24) is 9.80 Å². The molecule has 1 aliphatic rings. The highest BCUT2D eigenvalue weighted by Crippen LogP contribution is 2.38. The zero-order valence-electron chi connectivity index (χ0n) is 19.0. The number of ether oxygens (including phenoxy) is 1. The van der Waals surface area contributed by atoms with Gasteiger partial charge in [-0.3, -0.25) is 4.79 Å². The molecule has 1 heterocycles. The highest BCUT2D eigenvalue weighted by atomic mass is 35.5. The molecule has 0 saturated heterocycles. The molecular formula is C25H32ClFN2O3. The molecule has 2 aromatic rings. The third-order valence-corrected chi connectivity index (χ3v) is 6.08. The number of hydrogen-bond donors (Lipinski definition) is 1. The molecule has 1 amide bonds. The number of aryl methyl sites for hydroxylation is 1. The van der Waals surface area contributed by atoms with E-state index in [2.05, 4.69) is 6.07 Å². The van der Waals surface area contributed by atoms with Gasteiger partial charge >= 0.3 is 0 Å². The SMILES string of the molecule is CN(C)CCN(CCO)C(=O)CCc1ccc2c(c1)C[C@](C)(Cc1ccc(Cl)c(F)c1)O2. The predicted molar refractivity (Wildman–Crippen MR) is 125 cm³/mol.